The average Bonchev–Trinajstić information content (AvgIpc) is 2.35. The topological polar surface area (TPSA) is 46.5 Å². The zero-order valence-corrected chi connectivity index (χ0v) is 11.4. The van der Waals surface area contributed by atoms with Crippen molar-refractivity contribution in [1.82, 2.24) is 0 Å². The third-order valence-corrected chi connectivity index (χ3v) is 2.87. The van der Waals surface area contributed by atoms with Crippen LogP contribution in [0.2, 0.25) is 0 Å². The third-order valence-electron chi connectivity index (χ3n) is 2.42. The van der Waals surface area contributed by atoms with Gasteiger partial charge in [-0.3, -0.25) is 0 Å². The van der Waals surface area contributed by atoms with Crippen molar-refractivity contribution in [2.24, 2.45) is 0 Å². The predicted molar refractivity (Wildman–Crippen MR) is 71.8 cm³/mol. The lowest BCUT2D eigenvalue weighted by atomic mass is 10.1. The van der Waals surface area contributed by atoms with Gasteiger partial charge in [0.2, 0.25) is 0 Å². The van der Waals surface area contributed by atoms with Crippen molar-refractivity contribution < 1.29 is 19.0 Å². The van der Waals surface area contributed by atoms with E-state index < -0.39 is 11.8 Å². The van der Waals surface area contributed by atoms with Crippen LogP contribution < -0.4 is 4.74 Å². The number of carboxylic acids is 1. The quantitative estimate of drug-likeness (QED) is 0.928. The van der Waals surface area contributed by atoms with Crippen molar-refractivity contribution in [3.05, 3.63) is 63.9 Å². The van der Waals surface area contributed by atoms with Gasteiger partial charge in [0, 0.05) is 10.5 Å². The number of hydrogen-bond donors (Lipinski definition) is 1. The Hall–Kier alpha value is -1.88. The second kappa shape index (κ2) is 5.84. The van der Waals surface area contributed by atoms with Gasteiger partial charge in [0.05, 0.1) is 5.56 Å². The van der Waals surface area contributed by atoms with Gasteiger partial charge in [-0.25, -0.2) is 9.18 Å². The van der Waals surface area contributed by atoms with E-state index >= 15 is 0 Å². The highest BCUT2D eigenvalue weighted by Crippen LogP contribution is 2.21. The molecule has 1 N–H and O–H groups in total. The van der Waals surface area contributed by atoms with Gasteiger partial charge in [0.1, 0.15) is 18.2 Å². The molecule has 0 heterocycles. The summed E-state index contributed by atoms with van der Waals surface area (Å²) in [7, 11) is 0. The van der Waals surface area contributed by atoms with Crippen LogP contribution >= 0.6 is 15.9 Å². The Kier molecular flexibility index (Phi) is 4.16. The summed E-state index contributed by atoms with van der Waals surface area (Å²) in [5, 5.41) is 8.87. The fourth-order valence-corrected chi connectivity index (χ4v) is 2.02. The lowest BCUT2D eigenvalue weighted by Crippen LogP contribution is -2.00. The van der Waals surface area contributed by atoms with Gasteiger partial charge >= 0.3 is 5.97 Å². The van der Waals surface area contributed by atoms with Gasteiger partial charge in [0.15, 0.2) is 0 Å². The van der Waals surface area contributed by atoms with Gasteiger partial charge in [0.25, 0.3) is 0 Å². The summed E-state index contributed by atoms with van der Waals surface area (Å²) in [6.07, 6.45) is 0. The summed E-state index contributed by atoms with van der Waals surface area (Å²) < 4.78 is 19.1. The molecule has 98 valence electrons. The minimum Gasteiger partial charge on any atom is -0.489 e. The maximum atomic E-state index is 13.1. The van der Waals surface area contributed by atoms with Crippen LogP contribution in [0.1, 0.15) is 15.9 Å². The van der Waals surface area contributed by atoms with Crippen molar-refractivity contribution in [2.45, 2.75) is 6.61 Å². The van der Waals surface area contributed by atoms with Crippen LogP contribution in [0, 0.1) is 5.82 Å². The lowest BCUT2D eigenvalue weighted by Gasteiger charge is -2.07. The van der Waals surface area contributed by atoms with Crippen LogP contribution in [-0.4, -0.2) is 11.1 Å². The summed E-state index contributed by atoms with van der Waals surface area (Å²) in [6, 6.07) is 10.7. The molecule has 0 aliphatic rings. The molecule has 2 rings (SSSR count). The molecule has 0 saturated heterocycles. The van der Waals surface area contributed by atoms with Crippen LogP contribution in [0.3, 0.4) is 0 Å². The highest BCUT2D eigenvalue weighted by Gasteiger charge is 2.04. The first kappa shape index (κ1) is 13.5. The molecule has 0 unspecified atom stereocenters. The molecule has 0 aromatic heterocycles. The molecule has 5 heteroatoms. The number of halogens is 2. The van der Waals surface area contributed by atoms with Gasteiger partial charge in [-0.15, -0.1) is 0 Å². The van der Waals surface area contributed by atoms with Crippen molar-refractivity contribution in [3.63, 3.8) is 0 Å². The largest absolute Gasteiger partial charge is 0.489 e. The number of ether oxygens (including phenoxy) is 1. The van der Waals surface area contributed by atoms with Crippen molar-refractivity contribution >= 4 is 21.9 Å². The normalized spacial score (nSPS) is 10.2. The highest BCUT2D eigenvalue weighted by atomic mass is 79.9. The number of hydrogen-bond acceptors (Lipinski definition) is 2. The van der Waals surface area contributed by atoms with Gasteiger partial charge < -0.3 is 9.84 Å². The average molecular weight is 325 g/mol. The second-order valence-electron chi connectivity index (χ2n) is 3.90. The van der Waals surface area contributed by atoms with E-state index in [4.69, 9.17) is 9.84 Å². The number of carboxylic acid groups (broad SMARTS) is 1. The van der Waals surface area contributed by atoms with Gasteiger partial charge in [-0.1, -0.05) is 28.1 Å². The number of rotatable bonds is 4. The van der Waals surface area contributed by atoms with E-state index in [1.165, 1.54) is 24.3 Å². The molecule has 0 amide bonds. The molecule has 0 fully saturated rings. The Balaban J connectivity index is 2.10. The maximum absolute atomic E-state index is 13.1. The summed E-state index contributed by atoms with van der Waals surface area (Å²) in [4.78, 5) is 10.8. The highest BCUT2D eigenvalue weighted by molar-refractivity contribution is 9.10. The summed E-state index contributed by atoms with van der Waals surface area (Å²) in [5.74, 6) is -1.01. The number of aromatic carboxylic acids is 1. The first-order chi connectivity index (χ1) is 9.04. The molecule has 2 aromatic rings. The Bertz CT molecular complexity index is 593. The maximum Gasteiger partial charge on any atom is 0.335 e. The summed E-state index contributed by atoms with van der Waals surface area (Å²) >= 11 is 3.17. The zero-order valence-electron chi connectivity index (χ0n) is 9.77. The Labute approximate surface area is 117 Å². The molecule has 19 heavy (non-hydrogen) atoms. The molecule has 0 spiro atoms. The Morgan fingerprint density at radius 3 is 2.74 bits per heavy atom. The Morgan fingerprint density at radius 2 is 2.05 bits per heavy atom. The molecular weight excluding hydrogens is 315 g/mol. The van der Waals surface area contributed by atoms with Crippen LogP contribution in [-0.2, 0) is 6.61 Å². The monoisotopic (exact) mass is 324 g/mol. The molecule has 2 aromatic carbocycles. The van der Waals surface area contributed by atoms with Gasteiger partial charge in [-0.2, -0.15) is 0 Å². The molecular formula is C14H10BrFO3. The van der Waals surface area contributed by atoms with Crippen molar-refractivity contribution in [3.8, 4) is 5.75 Å². The second-order valence-corrected chi connectivity index (χ2v) is 4.82. The fraction of sp³-hybridized carbons (Fsp3) is 0.0714. The van der Waals surface area contributed by atoms with E-state index in [2.05, 4.69) is 15.9 Å². The molecule has 0 aliphatic heterocycles. The van der Waals surface area contributed by atoms with Crippen LogP contribution in [0.25, 0.3) is 0 Å². The molecule has 0 bridgehead atoms. The SMILES string of the molecule is O=C(O)c1cccc(COc2cc(F)cc(Br)c2)c1. The molecule has 0 atom stereocenters. The third kappa shape index (κ3) is 3.79. The number of carbonyl (C=O) groups is 1. The van der Waals surface area contributed by atoms with Crippen LogP contribution in [0.4, 0.5) is 4.39 Å². The summed E-state index contributed by atoms with van der Waals surface area (Å²) in [5.41, 5.74) is 0.904. The van der Waals surface area contributed by atoms with Crippen molar-refractivity contribution in [1.29, 1.82) is 0 Å². The first-order valence-electron chi connectivity index (χ1n) is 5.46. The molecule has 0 aliphatic carbocycles. The smallest absolute Gasteiger partial charge is 0.335 e. The van der Waals surface area contributed by atoms with E-state index in [1.807, 2.05) is 0 Å². The zero-order chi connectivity index (χ0) is 13.8. The van der Waals surface area contributed by atoms with Crippen LogP contribution in [0.15, 0.2) is 46.9 Å². The Morgan fingerprint density at radius 1 is 1.26 bits per heavy atom. The minimum atomic E-state index is -0.990. The summed E-state index contributed by atoms with van der Waals surface area (Å²) in [6.45, 7) is 0.178. The van der Waals surface area contributed by atoms with Crippen molar-refractivity contribution in [2.75, 3.05) is 0 Å². The van der Waals surface area contributed by atoms with E-state index in [-0.39, 0.29) is 12.2 Å². The van der Waals surface area contributed by atoms with E-state index in [9.17, 15) is 9.18 Å². The molecule has 0 saturated carbocycles. The van der Waals surface area contributed by atoms with E-state index in [1.54, 1.807) is 18.2 Å². The molecule has 0 radical (unpaired) electrons. The van der Waals surface area contributed by atoms with Gasteiger partial charge in [-0.05, 0) is 29.8 Å². The van der Waals surface area contributed by atoms with E-state index in [0.29, 0.717) is 15.8 Å². The first-order valence-corrected chi connectivity index (χ1v) is 6.25. The van der Waals surface area contributed by atoms with E-state index in [0.717, 1.165) is 0 Å². The lowest BCUT2D eigenvalue weighted by molar-refractivity contribution is 0.0696. The number of benzene rings is 2. The van der Waals surface area contributed by atoms with Crippen LogP contribution in [0.5, 0.6) is 5.75 Å². The molecule has 3 nitrogen and oxygen atoms in total. The fourth-order valence-electron chi connectivity index (χ4n) is 1.57. The minimum absolute atomic E-state index is 0.178. The predicted octanol–water partition coefficient (Wildman–Crippen LogP) is 3.87. The standard InChI is InChI=1S/C14H10BrFO3/c15-11-5-12(16)7-13(6-11)19-8-9-2-1-3-10(4-9)14(17)18/h1-7H,8H2,(H,17,18).